The molecule has 1 heterocycles. The Bertz CT molecular complexity index is 1150. The molecule has 0 aromatic heterocycles. The monoisotopic (exact) mass is 432 g/mol. The summed E-state index contributed by atoms with van der Waals surface area (Å²) in [7, 11) is 0. The fourth-order valence-corrected chi connectivity index (χ4v) is 3.62. The van der Waals surface area contributed by atoms with Crippen LogP contribution in [0.15, 0.2) is 84.6 Å². The van der Waals surface area contributed by atoms with Gasteiger partial charge in [-0.2, -0.15) is 0 Å². The van der Waals surface area contributed by atoms with E-state index in [4.69, 9.17) is 16.3 Å². The van der Waals surface area contributed by atoms with Crippen molar-refractivity contribution < 1.29 is 14.3 Å². The van der Waals surface area contributed by atoms with Gasteiger partial charge in [0.05, 0.1) is 22.4 Å². The highest BCUT2D eigenvalue weighted by Gasteiger charge is 2.40. The van der Waals surface area contributed by atoms with E-state index in [1.807, 2.05) is 56.3 Å². The van der Waals surface area contributed by atoms with Gasteiger partial charge < -0.3 is 10.1 Å². The van der Waals surface area contributed by atoms with E-state index in [-0.39, 0.29) is 11.8 Å². The topological polar surface area (TPSA) is 58.6 Å². The molecule has 0 saturated heterocycles. The number of carbonyl (C=O) groups excluding carboxylic acids is 2. The Morgan fingerprint density at radius 3 is 2.13 bits per heavy atom. The largest absolute Gasteiger partial charge is 0.491 e. The molecule has 1 N–H and O–H groups in total. The minimum absolute atomic E-state index is 0.0596. The summed E-state index contributed by atoms with van der Waals surface area (Å²) in [6.07, 6.45) is 0.0596. The van der Waals surface area contributed by atoms with Gasteiger partial charge in [-0.05, 0) is 55.8 Å². The zero-order valence-electron chi connectivity index (χ0n) is 17.1. The van der Waals surface area contributed by atoms with Gasteiger partial charge in [0.1, 0.15) is 11.4 Å². The normalized spacial score (nSPS) is 13.9. The van der Waals surface area contributed by atoms with E-state index in [1.165, 1.54) is 0 Å². The van der Waals surface area contributed by atoms with Crippen LogP contribution >= 0.6 is 11.6 Å². The minimum Gasteiger partial charge on any atom is -0.491 e. The zero-order valence-corrected chi connectivity index (χ0v) is 17.9. The number of anilines is 2. The first-order valence-corrected chi connectivity index (χ1v) is 10.3. The first-order valence-electron chi connectivity index (χ1n) is 9.92. The molecule has 0 radical (unpaired) electrons. The Balaban J connectivity index is 1.74. The predicted octanol–water partition coefficient (Wildman–Crippen LogP) is 5.52. The van der Waals surface area contributed by atoms with Gasteiger partial charge in [-0.1, -0.05) is 54.1 Å². The molecule has 0 fully saturated rings. The summed E-state index contributed by atoms with van der Waals surface area (Å²) in [5, 5.41) is 3.47. The van der Waals surface area contributed by atoms with Gasteiger partial charge in [0.2, 0.25) is 0 Å². The van der Waals surface area contributed by atoms with Crippen LogP contribution in [0.4, 0.5) is 11.4 Å². The highest BCUT2D eigenvalue weighted by atomic mass is 35.5. The van der Waals surface area contributed by atoms with Crippen molar-refractivity contribution in [1.82, 2.24) is 0 Å². The summed E-state index contributed by atoms with van der Waals surface area (Å²) in [6, 6.07) is 23.2. The fourth-order valence-electron chi connectivity index (χ4n) is 3.40. The number of nitrogens with zero attached hydrogens (tertiary/aromatic N) is 1. The Morgan fingerprint density at radius 1 is 0.839 bits per heavy atom. The van der Waals surface area contributed by atoms with Crippen LogP contribution < -0.4 is 15.0 Å². The highest BCUT2D eigenvalue weighted by Crippen LogP contribution is 2.36. The number of hydrogen-bond donors (Lipinski definition) is 1. The van der Waals surface area contributed by atoms with Crippen LogP contribution in [0.5, 0.6) is 5.75 Å². The average Bonchev–Trinajstić information content (AvgIpc) is 3.00. The van der Waals surface area contributed by atoms with Crippen LogP contribution in [0.1, 0.15) is 19.4 Å². The van der Waals surface area contributed by atoms with Crippen LogP contribution in [-0.2, 0) is 9.59 Å². The predicted molar refractivity (Wildman–Crippen MR) is 123 cm³/mol. The summed E-state index contributed by atoms with van der Waals surface area (Å²) in [5.74, 6) is -0.157. The molecule has 1 aliphatic heterocycles. The van der Waals surface area contributed by atoms with Crippen molar-refractivity contribution >= 4 is 40.4 Å². The van der Waals surface area contributed by atoms with Crippen molar-refractivity contribution in [3.8, 4) is 5.75 Å². The molecule has 3 aromatic rings. The molecule has 31 heavy (non-hydrogen) atoms. The second-order valence-electron chi connectivity index (χ2n) is 7.33. The molecule has 0 atom stereocenters. The molecule has 4 rings (SSSR count). The van der Waals surface area contributed by atoms with Crippen molar-refractivity contribution in [2.75, 3.05) is 10.2 Å². The summed E-state index contributed by atoms with van der Waals surface area (Å²) < 4.78 is 5.67. The lowest BCUT2D eigenvalue weighted by atomic mass is 10.0. The summed E-state index contributed by atoms with van der Waals surface area (Å²) in [5.41, 5.74) is 2.17. The Morgan fingerprint density at radius 2 is 1.48 bits per heavy atom. The van der Waals surface area contributed by atoms with Crippen LogP contribution in [0.2, 0.25) is 5.02 Å². The molecule has 0 saturated carbocycles. The number of halogens is 1. The SMILES string of the molecule is CC(C)Oc1ccc(NC2=C(c3ccccc3)C(=O)N(c3ccccc3Cl)C2=O)cc1. The number of ether oxygens (including phenoxy) is 1. The third-order valence-corrected chi connectivity index (χ3v) is 5.05. The summed E-state index contributed by atoms with van der Waals surface area (Å²) in [4.78, 5) is 27.9. The number of rotatable bonds is 6. The zero-order chi connectivity index (χ0) is 22.0. The van der Waals surface area contributed by atoms with E-state index in [1.54, 1.807) is 36.4 Å². The third kappa shape index (κ3) is 4.18. The van der Waals surface area contributed by atoms with Crippen LogP contribution in [0.3, 0.4) is 0 Å². The first-order chi connectivity index (χ1) is 15.0. The van der Waals surface area contributed by atoms with Crippen molar-refractivity contribution in [2.24, 2.45) is 0 Å². The lowest BCUT2D eigenvalue weighted by Gasteiger charge is -2.16. The molecule has 0 aliphatic carbocycles. The molecule has 5 nitrogen and oxygen atoms in total. The molecule has 2 amide bonds. The number of amides is 2. The number of benzene rings is 3. The lowest BCUT2D eigenvalue weighted by Crippen LogP contribution is -2.32. The summed E-state index contributed by atoms with van der Waals surface area (Å²) in [6.45, 7) is 3.91. The van der Waals surface area contributed by atoms with Crippen LogP contribution in [0.25, 0.3) is 5.57 Å². The highest BCUT2D eigenvalue weighted by molar-refractivity contribution is 6.48. The second kappa shape index (κ2) is 8.66. The van der Waals surface area contributed by atoms with Crippen LogP contribution in [0, 0.1) is 0 Å². The van der Waals surface area contributed by atoms with E-state index in [0.717, 1.165) is 10.6 Å². The number of carbonyl (C=O) groups is 2. The smallest absolute Gasteiger partial charge is 0.282 e. The van der Waals surface area contributed by atoms with Crippen LogP contribution in [-0.4, -0.2) is 17.9 Å². The van der Waals surface area contributed by atoms with E-state index >= 15 is 0 Å². The van der Waals surface area contributed by atoms with Gasteiger partial charge >= 0.3 is 0 Å². The molecule has 6 heteroatoms. The molecule has 3 aromatic carbocycles. The van der Waals surface area contributed by atoms with Crippen molar-refractivity contribution in [2.45, 2.75) is 20.0 Å². The molecular weight excluding hydrogens is 412 g/mol. The minimum atomic E-state index is -0.459. The Labute approximate surface area is 185 Å². The first kappa shape index (κ1) is 20.7. The maximum atomic E-state index is 13.4. The van der Waals surface area contributed by atoms with E-state index < -0.39 is 11.8 Å². The van der Waals surface area contributed by atoms with Gasteiger partial charge in [0, 0.05) is 5.69 Å². The standard InChI is InChI=1S/C25H21ClN2O3/c1-16(2)31-19-14-12-18(13-15-19)27-23-22(17-8-4-3-5-9-17)24(29)28(25(23)30)21-11-7-6-10-20(21)26/h3-16,27H,1-2H3. The van der Waals surface area contributed by atoms with E-state index in [9.17, 15) is 9.59 Å². The fraction of sp³-hybridized carbons (Fsp3) is 0.120. The molecule has 0 unspecified atom stereocenters. The number of para-hydroxylation sites is 1. The van der Waals surface area contributed by atoms with Gasteiger partial charge in [-0.15, -0.1) is 0 Å². The molecule has 0 bridgehead atoms. The number of nitrogens with one attached hydrogen (secondary N) is 1. The maximum Gasteiger partial charge on any atom is 0.282 e. The number of hydrogen-bond acceptors (Lipinski definition) is 4. The average molecular weight is 433 g/mol. The third-order valence-electron chi connectivity index (χ3n) is 4.74. The van der Waals surface area contributed by atoms with Gasteiger partial charge in [0.25, 0.3) is 11.8 Å². The Hall–Kier alpha value is -3.57. The Kier molecular flexibility index (Phi) is 5.78. The number of imide groups is 1. The van der Waals surface area contributed by atoms with Gasteiger partial charge in [0.15, 0.2) is 0 Å². The van der Waals surface area contributed by atoms with E-state index in [2.05, 4.69) is 5.32 Å². The quantitative estimate of drug-likeness (QED) is 0.521. The van der Waals surface area contributed by atoms with Gasteiger partial charge in [-0.3, -0.25) is 9.59 Å². The maximum absolute atomic E-state index is 13.4. The van der Waals surface area contributed by atoms with Gasteiger partial charge in [-0.25, -0.2) is 4.90 Å². The molecule has 156 valence electrons. The van der Waals surface area contributed by atoms with Crippen molar-refractivity contribution in [3.05, 3.63) is 95.1 Å². The molecule has 1 aliphatic rings. The van der Waals surface area contributed by atoms with Crippen molar-refractivity contribution in [1.29, 1.82) is 0 Å². The van der Waals surface area contributed by atoms with E-state index in [0.29, 0.717) is 27.5 Å². The second-order valence-corrected chi connectivity index (χ2v) is 7.74. The summed E-state index contributed by atoms with van der Waals surface area (Å²) >= 11 is 6.30. The molecule has 0 spiro atoms. The van der Waals surface area contributed by atoms with Crippen molar-refractivity contribution in [3.63, 3.8) is 0 Å². The lowest BCUT2D eigenvalue weighted by molar-refractivity contribution is -0.120. The molecular formula is C25H21ClN2O3.